The van der Waals surface area contributed by atoms with Gasteiger partial charge in [-0.05, 0) is 50.4 Å². The van der Waals surface area contributed by atoms with Crippen molar-refractivity contribution in [3.63, 3.8) is 0 Å². The number of aliphatic carboxylic acids is 1. The highest BCUT2D eigenvalue weighted by Gasteiger charge is 2.28. The van der Waals surface area contributed by atoms with Gasteiger partial charge in [-0.25, -0.2) is 8.42 Å². The number of sulfonamides is 1. The Balaban J connectivity index is 1.62. The molecule has 2 aliphatic rings. The minimum atomic E-state index is -3.53. The van der Waals surface area contributed by atoms with Crippen molar-refractivity contribution in [3.8, 4) is 0 Å². The standard InChI is InChI=1S/C18H25N3O5S/c22-17(13-20-8-4-5-14(12-20)18(23)24)19-15-6-3-7-16(11-15)27(25,26)21-9-1-2-10-21/h3,6-7,11,14H,1-2,4-5,8-10,12-13H2,(H,19,22)(H,23,24). The van der Waals surface area contributed by atoms with E-state index in [1.807, 2.05) is 4.90 Å². The molecule has 0 saturated carbocycles. The normalized spacial score (nSPS) is 21.9. The molecule has 2 heterocycles. The fourth-order valence-electron chi connectivity index (χ4n) is 3.62. The summed E-state index contributed by atoms with van der Waals surface area (Å²) < 4.78 is 26.7. The number of benzene rings is 1. The minimum absolute atomic E-state index is 0.0902. The van der Waals surface area contributed by atoms with E-state index in [9.17, 15) is 18.0 Å². The first-order valence-electron chi connectivity index (χ1n) is 9.21. The van der Waals surface area contributed by atoms with E-state index in [4.69, 9.17) is 5.11 Å². The zero-order valence-electron chi connectivity index (χ0n) is 15.1. The molecule has 0 spiro atoms. The smallest absolute Gasteiger partial charge is 0.307 e. The molecule has 1 unspecified atom stereocenters. The predicted molar refractivity (Wildman–Crippen MR) is 99.9 cm³/mol. The topological polar surface area (TPSA) is 107 Å². The van der Waals surface area contributed by atoms with Gasteiger partial charge in [0.15, 0.2) is 0 Å². The second-order valence-electron chi connectivity index (χ2n) is 7.10. The number of rotatable bonds is 6. The fourth-order valence-corrected chi connectivity index (χ4v) is 5.18. The monoisotopic (exact) mass is 395 g/mol. The number of carboxylic acids is 1. The SMILES string of the molecule is O=C(CN1CCCC(C(=O)O)C1)Nc1cccc(S(=O)(=O)N2CCCC2)c1. The van der Waals surface area contributed by atoms with Gasteiger partial charge in [-0.2, -0.15) is 4.31 Å². The first-order valence-corrected chi connectivity index (χ1v) is 10.7. The average Bonchev–Trinajstić information content (AvgIpc) is 3.17. The Morgan fingerprint density at radius 3 is 2.59 bits per heavy atom. The van der Waals surface area contributed by atoms with E-state index in [0.717, 1.165) is 19.3 Å². The van der Waals surface area contributed by atoms with Crippen LogP contribution < -0.4 is 5.32 Å². The zero-order valence-corrected chi connectivity index (χ0v) is 16.0. The van der Waals surface area contributed by atoms with Gasteiger partial charge in [0.25, 0.3) is 0 Å². The van der Waals surface area contributed by atoms with E-state index < -0.39 is 21.9 Å². The summed E-state index contributed by atoms with van der Waals surface area (Å²) in [6.45, 7) is 2.18. The third-order valence-corrected chi connectivity index (χ3v) is 6.94. The number of hydrogen-bond donors (Lipinski definition) is 2. The lowest BCUT2D eigenvalue weighted by Crippen LogP contribution is -2.42. The molecule has 0 bridgehead atoms. The Bertz CT molecular complexity index is 805. The molecule has 2 aliphatic heterocycles. The van der Waals surface area contributed by atoms with Crippen molar-refractivity contribution in [1.82, 2.24) is 9.21 Å². The van der Waals surface area contributed by atoms with Gasteiger partial charge < -0.3 is 10.4 Å². The Morgan fingerprint density at radius 1 is 1.15 bits per heavy atom. The molecule has 0 aliphatic carbocycles. The number of anilines is 1. The maximum Gasteiger partial charge on any atom is 0.307 e. The lowest BCUT2D eigenvalue weighted by Gasteiger charge is -2.29. The van der Waals surface area contributed by atoms with E-state index in [-0.39, 0.29) is 17.3 Å². The van der Waals surface area contributed by atoms with Gasteiger partial charge in [0, 0.05) is 25.3 Å². The molecular formula is C18H25N3O5S. The number of nitrogens with one attached hydrogen (secondary N) is 1. The van der Waals surface area contributed by atoms with Crippen molar-refractivity contribution >= 4 is 27.6 Å². The van der Waals surface area contributed by atoms with Crippen LogP contribution in [0.1, 0.15) is 25.7 Å². The molecular weight excluding hydrogens is 370 g/mol. The molecule has 8 nitrogen and oxygen atoms in total. The largest absolute Gasteiger partial charge is 0.481 e. The molecule has 1 aromatic rings. The quantitative estimate of drug-likeness (QED) is 0.750. The maximum absolute atomic E-state index is 12.6. The molecule has 27 heavy (non-hydrogen) atoms. The number of piperidine rings is 1. The molecule has 1 atom stereocenters. The number of likely N-dealkylation sites (tertiary alicyclic amines) is 1. The van der Waals surface area contributed by atoms with Crippen LogP contribution in [0.25, 0.3) is 0 Å². The number of carbonyl (C=O) groups is 2. The van der Waals surface area contributed by atoms with Crippen LogP contribution in [0.3, 0.4) is 0 Å². The van der Waals surface area contributed by atoms with Crippen molar-refractivity contribution in [2.75, 3.05) is 38.0 Å². The molecule has 3 rings (SSSR count). The number of hydrogen-bond acceptors (Lipinski definition) is 5. The van der Waals surface area contributed by atoms with Crippen LogP contribution in [0, 0.1) is 5.92 Å². The maximum atomic E-state index is 12.6. The van der Waals surface area contributed by atoms with Gasteiger partial charge >= 0.3 is 5.97 Å². The summed E-state index contributed by atoms with van der Waals surface area (Å²) in [7, 11) is -3.53. The summed E-state index contributed by atoms with van der Waals surface area (Å²) in [5, 5.41) is 11.9. The summed E-state index contributed by atoms with van der Waals surface area (Å²) in [6.07, 6.45) is 3.10. The number of nitrogens with zero attached hydrogens (tertiary/aromatic N) is 2. The third-order valence-electron chi connectivity index (χ3n) is 5.04. The molecule has 0 radical (unpaired) electrons. The Hall–Kier alpha value is -1.97. The van der Waals surface area contributed by atoms with Crippen LogP contribution in [0.15, 0.2) is 29.2 Å². The van der Waals surface area contributed by atoms with Crippen LogP contribution in [0.2, 0.25) is 0 Å². The molecule has 148 valence electrons. The highest BCUT2D eigenvalue weighted by molar-refractivity contribution is 7.89. The van der Waals surface area contributed by atoms with Gasteiger partial charge in [0.2, 0.25) is 15.9 Å². The van der Waals surface area contributed by atoms with Gasteiger partial charge in [0.05, 0.1) is 17.4 Å². The van der Waals surface area contributed by atoms with E-state index in [1.54, 1.807) is 12.1 Å². The first-order chi connectivity index (χ1) is 12.9. The highest BCUT2D eigenvalue weighted by Crippen LogP contribution is 2.23. The van der Waals surface area contributed by atoms with Gasteiger partial charge in [0.1, 0.15) is 0 Å². The molecule has 1 aromatic carbocycles. The van der Waals surface area contributed by atoms with Gasteiger partial charge in [-0.3, -0.25) is 14.5 Å². The Morgan fingerprint density at radius 2 is 1.89 bits per heavy atom. The van der Waals surface area contributed by atoms with Crippen LogP contribution in [0.4, 0.5) is 5.69 Å². The van der Waals surface area contributed by atoms with Gasteiger partial charge in [-0.15, -0.1) is 0 Å². The van der Waals surface area contributed by atoms with Crippen molar-refractivity contribution in [3.05, 3.63) is 24.3 Å². The van der Waals surface area contributed by atoms with Crippen molar-refractivity contribution in [1.29, 1.82) is 0 Å². The van der Waals surface area contributed by atoms with Gasteiger partial charge in [-0.1, -0.05) is 6.07 Å². The highest BCUT2D eigenvalue weighted by atomic mass is 32.2. The van der Waals surface area contributed by atoms with Crippen LogP contribution in [-0.2, 0) is 19.6 Å². The lowest BCUT2D eigenvalue weighted by atomic mass is 9.98. The molecule has 9 heteroatoms. The summed E-state index contributed by atoms with van der Waals surface area (Å²) in [5.41, 5.74) is 0.423. The Kier molecular flexibility index (Phi) is 6.13. The summed E-state index contributed by atoms with van der Waals surface area (Å²) in [6, 6.07) is 6.27. The van der Waals surface area contributed by atoms with Crippen molar-refractivity contribution < 1.29 is 23.1 Å². The predicted octanol–water partition coefficient (Wildman–Crippen LogP) is 1.21. The summed E-state index contributed by atoms with van der Waals surface area (Å²) >= 11 is 0. The van der Waals surface area contributed by atoms with Crippen LogP contribution in [-0.4, -0.2) is 67.3 Å². The second-order valence-corrected chi connectivity index (χ2v) is 9.04. The van der Waals surface area contributed by atoms with Crippen LogP contribution >= 0.6 is 0 Å². The zero-order chi connectivity index (χ0) is 19.4. The molecule has 2 saturated heterocycles. The number of amides is 1. The van der Waals surface area contributed by atoms with E-state index >= 15 is 0 Å². The second kappa shape index (κ2) is 8.37. The third kappa shape index (κ3) is 4.85. The molecule has 2 N–H and O–H groups in total. The average molecular weight is 395 g/mol. The number of carboxylic acid groups (broad SMARTS) is 1. The summed E-state index contributed by atoms with van der Waals surface area (Å²) in [4.78, 5) is 25.4. The van der Waals surface area contributed by atoms with Crippen LogP contribution in [0.5, 0.6) is 0 Å². The number of carbonyl (C=O) groups excluding carboxylic acids is 1. The molecule has 2 fully saturated rings. The molecule has 1 amide bonds. The Labute approximate surface area is 159 Å². The van der Waals surface area contributed by atoms with E-state index in [2.05, 4.69) is 5.32 Å². The summed E-state index contributed by atoms with van der Waals surface area (Å²) in [5.74, 6) is -1.56. The minimum Gasteiger partial charge on any atom is -0.481 e. The lowest BCUT2D eigenvalue weighted by molar-refractivity contribution is -0.144. The van der Waals surface area contributed by atoms with E-state index in [1.165, 1.54) is 16.4 Å². The fraction of sp³-hybridized carbons (Fsp3) is 0.556. The molecule has 0 aromatic heterocycles. The van der Waals surface area contributed by atoms with E-state index in [0.29, 0.717) is 38.3 Å². The van der Waals surface area contributed by atoms with Crippen molar-refractivity contribution in [2.45, 2.75) is 30.6 Å². The first kappa shape index (κ1) is 19.8. The van der Waals surface area contributed by atoms with Crippen molar-refractivity contribution in [2.24, 2.45) is 5.92 Å².